The van der Waals surface area contributed by atoms with E-state index in [0.717, 1.165) is 11.3 Å². The van der Waals surface area contributed by atoms with Gasteiger partial charge < -0.3 is 9.64 Å². The number of hydrogen-bond donors (Lipinski definition) is 1. The van der Waals surface area contributed by atoms with Crippen LogP contribution in [0.1, 0.15) is 21.7 Å². The van der Waals surface area contributed by atoms with Gasteiger partial charge in [-0.1, -0.05) is 12.1 Å². The molecule has 7 heteroatoms. The molecule has 0 saturated carbocycles. The first-order chi connectivity index (χ1) is 13.2. The van der Waals surface area contributed by atoms with E-state index in [1.807, 2.05) is 43.7 Å². The minimum absolute atomic E-state index is 0.145. The molecule has 27 heavy (non-hydrogen) atoms. The van der Waals surface area contributed by atoms with Crippen molar-refractivity contribution in [2.24, 2.45) is 4.99 Å². The Labute approximate surface area is 162 Å². The minimum atomic E-state index is -0.145. The van der Waals surface area contributed by atoms with Crippen LogP contribution in [0.25, 0.3) is 0 Å². The van der Waals surface area contributed by atoms with Crippen molar-refractivity contribution in [2.45, 2.75) is 26.3 Å². The number of rotatable bonds is 6. The maximum absolute atomic E-state index is 5.16. The second-order valence-electron chi connectivity index (χ2n) is 6.29. The van der Waals surface area contributed by atoms with Crippen LogP contribution in [0.15, 0.2) is 53.1 Å². The third kappa shape index (κ3) is 3.84. The Bertz CT molecular complexity index is 938. The highest BCUT2D eigenvalue weighted by Crippen LogP contribution is 2.31. The average Bonchev–Trinajstić information content (AvgIpc) is 3.18. The molecule has 0 aliphatic carbocycles. The fourth-order valence-electron chi connectivity index (χ4n) is 3.06. The molecule has 0 spiro atoms. The van der Waals surface area contributed by atoms with Gasteiger partial charge in [-0.3, -0.25) is 15.3 Å². The maximum Gasteiger partial charge on any atom is 0.212 e. The summed E-state index contributed by atoms with van der Waals surface area (Å²) in [5.41, 5.74) is 4.50. The molecule has 138 valence electrons. The van der Waals surface area contributed by atoms with Gasteiger partial charge in [0.05, 0.1) is 17.7 Å². The Morgan fingerprint density at radius 2 is 2.15 bits per heavy atom. The Hall–Kier alpha value is -2.77. The second-order valence-corrected chi connectivity index (χ2v) is 7.24. The molecule has 1 aliphatic rings. The van der Waals surface area contributed by atoms with Crippen LogP contribution < -0.4 is 15.0 Å². The fourth-order valence-corrected chi connectivity index (χ4v) is 3.83. The van der Waals surface area contributed by atoms with Crippen molar-refractivity contribution in [3.63, 3.8) is 0 Å². The van der Waals surface area contributed by atoms with Crippen LogP contribution in [0.5, 0.6) is 5.88 Å². The number of ether oxygens (including phenoxy) is 1. The molecule has 0 bridgehead atoms. The normalized spacial score (nSPS) is 15.6. The summed E-state index contributed by atoms with van der Waals surface area (Å²) in [5, 5.41) is 5.65. The van der Waals surface area contributed by atoms with E-state index in [2.05, 4.69) is 37.7 Å². The lowest BCUT2D eigenvalue weighted by Crippen LogP contribution is -2.45. The molecule has 1 aliphatic heterocycles. The Kier molecular flexibility index (Phi) is 5.13. The smallest absolute Gasteiger partial charge is 0.212 e. The molecule has 0 radical (unpaired) electrons. The molecule has 4 rings (SSSR count). The number of anilines is 1. The molecule has 1 N–H and O–H groups in total. The lowest BCUT2D eigenvalue weighted by atomic mass is 10.2. The van der Waals surface area contributed by atoms with Crippen molar-refractivity contribution in [3.05, 3.63) is 69.8 Å². The molecular weight excluding hydrogens is 358 g/mol. The van der Waals surface area contributed by atoms with Crippen LogP contribution in [0.2, 0.25) is 0 Å². The number of nitrogens with zero attached hydrogens (tertiary/aromatic N) is 4. The number of thiophene rings is 1. The lowest BCUT2D eigenvalue weighted by Gasteiger charge is -2.34. The summed E-state index contributed by atoms with van der Waals surface area (Å²) in [6.07, 6.45) is 5.48. The third-order valence-corrected chi connectivity index (χ3v) is 5.40. The van der Waals surface area contributed by atoms with Gasteiger partial charge in [0.2, 0.25) is 5.88 Å². The summed E-state index contributed by atoms with van der Waals surface area (Å²) in [4.78, 5) is 16.9. The van der Waals surface area contributed by atoms with Crippen LogP contribution in [0, 0.1) is 6.92 Å². The van der Waals surface area contributed by atoms with E-state index in [0.29, 0.717) is 19.0 Å². The monoisotopic (exact) mass is 379 g/mol. The molecule has 0 saturated heterocycles. The number of aromatic nitrogens is 2. The Morgan fingerprint density at radius 3 is 2.93 bits per heavy atom. The van der Waals surface area contributed by atoms with Gasteiger partial charge in [0, 0.05) is 43.5 Å². The van der Waals surface area contributed by atoms with E-state index in [1.165, 1.54) is 16.1 Å². The highest BCUT2D eigenvalue weighted by molar-refractivity contribution is 7.12. The van der Waals surface area contributed by atoms with Crippen molar-refractivity contribution < 1.29 is 4.74 Å². The first-order valence-corrected chi connectivity index (χ1v) is 9.62. The SMILES string of the molecule is COc1ccc(CN2c3ccsc3C=NC2NCc2cccnc2C)cn1. The van der Waals surface area contributed by atoms with Gasteiger partial charge in [0.15, 0.2) is 6.29 Å². The number of pyridine rings is 2. The fraction of sp³-hybridized carbons (Fsp3) is 0.250. The van der Waals surface area contributed by atoms with Gasteiger partial charge >= 0.3 is 0 Å². The highest BCUT2D eigenvalue weighted by Gasteiger charge is 2.24. The molecule has 1 unspecified atom stereocenters. The zero-order chi connectivity index (χ0) is 18.6. The summed E-state index contributed by atoms with van der Waals surface area (Å²) in [6, 6.07) is 10.1. The first kappa shape index (κ1) is 17.6. The van der Waals surface area contributed by atoms with Crippen LogP contribution in [0.3, 0.4) is 0 Å². The van der Waals surface area contributed by atoms with Crippen LogP contribution in [-0.4, -0.2) is 29.6 Å². The summed E-state index contributed by atoms with van der Waals surface area (Å²) in [6.45, 7) is 3.44. The lowest BCUT2D eigenvalue weighted by molar-refractivity contribution is 0.397. The quantitative estimate of drug-likeness (QED) is 0.711. The van der Waals surface area contributed by atoms with E-state index in [4.69, 9.17) is 9.73 Å². The predicted molar refractivity (Wildman–Crippen MR) is 108 cm³/mol. The van der Waals surface area contributed by atoms with Gasteiger partial charge in [-0.15, -0.1) is 11.3 Å². The number of aryl methyl sites for hydroxylation is 1. The molecule has 1 atom stereocenters. The van der Waals surface area contributed by atoms with E-state index in [1.54, 1.807) is 18.4 Å². The highest BCUT2D eigenvalue weighted by atomic mass is 32.1. The first-order valence-electron chi connectivity index (χ1n) is 8.74. The zero-order valence-electron chi connectivity index (χ0n) is 15.3. The molecule has 6 nitrogen and oxygen atoms in total. The number of hydrogen-bond acceptors (Lipinski definition) is 7. The van der Waals surface area contributed by atoms with E-state index < -0.39 is 0 Å². The minimum Gasteiger partial charge on any atom is -0.481 e. The van der Waals surface area contributed by atoms with Crippen LogP contribution >= 0.6 is 11.3 Å². The van der Waals surface area contributed by atoms with Crippen LogP contribution in [0.4, 0.5) is 5.69 Å². The van der Waals surface area contributed by atoms with Gasteiger partial charge in [0.25, 0.3) is 0 Å². The molecule has 3 aromatic heterocycles. The van der Waals surface area contributed by atoms with Crippen LogP contribution in [-0.2, 0) is 13.1 Å². The van der Waals surface area contributed by atoms with Crippen molar-refractivity contribution in [3.8, 4) is 5.88 Å². The number of methoxy groups -OCH3 is 1. The predicted octanol–water partition coefficient (Wildman–Crippen LogP) is 3.37. The van der Waals surface area contributed by atoms with Gasteiger partial charge in [-0.2, -0.15) is 0 Å². The topological polar surface area (TPSA) is 62.6 Å². The molecule has 0 amide bonds. The van der Waals surface area contributed by atoms with Crippen molar-refractivity contribution in [2.75, 3.05) is 12.0 Å². The summed E-state index contributed by atoms with van der Waals surface area (Å²) >= 11 is 1.70. The number of aliphatic imine (C=N–C) groups is 1. The zero-order valence-corrected chi connectivity index (χ0v) is 16.1. The average molecular weight is 379 g/mol. The summed E-state index contributed by atoms with van der Waals surface area (Å²) in [5.74, 6) is 0.619. The van der Waals surface area contributed by atoms with E-state index >= 15 is 0 Å². The number of fused-ring (bicyclic) bond motifs is 1. The standard InChI is InChI=1S/C20H21N5OS/c1-14-16(4-3-8-21-14)11-23-20-24-12-18-17(7-9-27-18)25(20)13-15-5-6-19(26-2)22-10-15/h3-10,12,20,23H,11,13H2,1-2H3. The molecule has 0 aromatic carbocycles. The van der Waals surface area contributed by atoms with Gasteiger partial charge in [-0.25, -0.2) is 4.98 Å². The van der Waals surface area contributed by atoms with Crippen molar-refractivity contribution in [1.29, 1.82) is 0 Å². The second kappa shape index (κ2) is 7.85. The van der Waals surface area contributed by atoms with Crippen molar-refractivity contribution >= 4 is 23.2 Å². The molecular formula is C20H21N5OS. The number of nitrogens with one attached hydrogen (secondary N) is 1. The summed E-state index contributed by atoms with van der Waals surface area (Å²) < 4.78 is 5.16. The van der Waals surface area contributed by atoms with Crippen molar-refractivity contribution in [1.82, 2.24) is 15.3 Å². The Balaban J connectivity index is 1.54. The largest absolute Gasteiger partial charge is 0.481 e. The van der Waals surface area contributed by atoms with Gasteiger partial charge in [0.1, 0.15) is 0 Å². The molecule has 3 aromatic rings. The molecule has 0 fully saturated rings. The van der Waals surface area contributed by atoms with Gasteiger partial charge in [-0.05, 0) is 35.6 Å². The summed E-state index contributed by atoms with van der Waals surface area (Å²) in [7, 11) is 1.62. The van der Waals surface area contributed by atoms with E-state index in [-0.39, 0.29) is 6.29 Å². The van der Waals surface area contributed by atoms with E-state index in [9.17, 15) is 0 Å². The molecule has 4 heterocycles. The Morgan fingerprint density at radius 1 is 1.22 bits per heavy atom. The third-order valence-electron chi connectivity index (χ3n) is 4.56. The maximum atomic E-state index is 5.16.